The predicted molar refractivity (Wildman–Crippen MR) is 45.3 cm³/mol. The first kappa shape index (κ1) is 8.59. The van der Waals surface area contributed by atoms with Crippen LogP contribution in [0.15, 0.2) is 16.5 Å². The van der Waals surface area contributed by atoms with E-state index in [1.807, 2.05) is 0 Å². The Balaban J connectivity index is 2.12. The van der Waals surface area contributed by atoms with Crippen molar-refractivity contribution in [3.63, 3.8) is 0 Å². The molecule has 1 aromatic heterocycles. The highest BCUT2D eigenvalue weighted by Crippen LogP contribution is 2.16. The zero-order chi connectivity index (χ0) is 9.26. The van der Waals surface area contributed by atoms with Crippen LogP contribution in [0, 0.1) is 0 Å². The molecule has 5 heteroatoms. The Morgan fingerprint density at radius 3 is 2.92 bits per heavy atom. The molecule has 0 bridgehead atoms. The van der Waals surface area contributed by atoms with Crippen molar-refractivity contribution in [3.8, 4) is 0 Å². The first-order valence-corrected chi connectivity index (χ1v) is 4.35. The van der Waals surface area contributed by atoms with Crippen LogP contribution in [0.4, 0.5) is 0 Å². The molecule has 2 rings (SSSR count). The van der Waals surface area contributed by atoms with Crippen molar-refractivity contribution in [2.45, 2.75) is 6.42 Å². The van der Waals surface area contributed by atoms with Gasteiger partial charge in [0.05, 0.1) is 13.2 Å². The van der Waals surface area contributed by atoms with Gasteiger partial charge < -0.3 is 4.42 Å². The number of halogens is 1. The van der Waals surface area contributed by atoms with Crippen LogP contribution >= 0.6 is 11.6 Å². The third kappa shape index (κ3) is 1.68. The number of hydrogen-bond acceptors (Lipinski definition) is 3. The first-order valence-electron chi connectivity index (χ1n) is 3.97. The third-order valence-electron chi connectivity index (χ3n) is 1.76. The predicted octanol–water partition coefficient (Wildman–Crippen LogP) is 1.71. The molecule has 0 N–H and O–H groups in total. The van der Waals surface area contributed by atoms with E-state index in [2.05, 4.69) is 0 Å². The standard InChI is InChI=1S/C8H8ClNO3/c9-7-3-2-6(13-7)8(11)10-4-1-5-12-10/h2-3H,1,4-5H2. The topological polar surface area (TPSA) is 42.7 Å². The van der Waals surface area contributed by atoms with Gasteiger partial charge in [0.2, 0.25) is 0 Å². The molecule has 1 aromatic rings. The molecule has 1 fully saturated rings. The average Bonchev–Trinajstić information content (AvgIpc) is 2.72. The van der Waals surface area contributed by atoms with Gasteiger partial charge in [0.1, 0.15) is 0 Å². The lowest BCUT2D eigenvalue weighted by atomic mass is 10.4. The molecule has 0 unspecified atom stereocenters. The maximum absolute atomic E-state index is 11.5. The zero-order valence-corrected chi connectivity index (χ0v) is 7.58. The van der Waals surface area contributed by atoms with E-state index >= 15 is 0 Å². The highest BCUT2D eigenvalue weighted by Gasteiger charge is 2.23. The van der Waals surface area contributed by atoms with Gasteiger partial charge in [-0.05, 0) is 30.2 Å². The van der Waals surface area contributed by atoms with E-state index in [9.17, 15) is 4.79 Å². The molecule has 1 amide bonds. The normalized spacial score (nSPS) is 16.5. The number of hydrogen-bond donors (Lipinski definition) is 0. The van der Waals surface area contributed by atoms with E-state index in [0.717, 1.165) is 6.42 Å². The van der Waals surface area contributed by atoms with Crippen LogP contribution in [0.25, 0.3) is 0 Å². The summed E-state index contributed by atoms with van der Waals surface area (Å²) in [5, 5.41) is 1.50. The van der Waals surface area contributed by atoms with Crippen LogP contribution in [-0.4, -0.2) is 24.1 Å². The van der Waals surface area contributed by atoms with Crippen molar-refractivity contribution >= 4 is 17.5 Å². The fraction of sp³-hybridized carbons (Fsp3) is 0.375. The molecule has 0 spiro atoms. The summed E-state index contributed by atoms with van der Waals surface area (Å²) >= 11 is 5.53. The van der Waals surface area contributed by atoms with Gasteiger partial charge in [-0.15, -0.1) is 0 Å². The van der Waals surface area contributed by atoms with E-state index in [1.165, 1.54) is 17.2 Å². The summed E-state index contributed by atoms with van der Waals surface area (Å²) in [7, 11) is 0. The van der Waals surface area contributed by atoms with Crippen molar-refractivity contribution in [3.05, 3.63) is 23.1 Å². The minimum absolute atomic E-state index is 0.211. The molecule has 0 saturated carbocycles. The Kier molecular flexibility index (Phi) is 2.24. The molecular weight excluding hydrogens is 194 g/mol. The second-order valence-electron chi connectivity index (χ2n) is 2.70. The van der Waals surface area contributed by atoms with E-state index in [1.54, 1.807) is 0 Å². The van der Waals surface area contributed by atoms with Crippen LogP contribution in [0.5, 0.6) is 0 Å². The molecule has 1 saturated heterocycles. The number of rotatable bonds is 1. The van der Waals surface area contributed by atoms with E-state index in [0.29, 0.717) is 13.2 Å². The molecule has 4 nitrogen and oxygen atoms in total. The third-order valence-corrected chi connectivity index (χ3v) is 1.97. The smallest absolute Gasteiger partial charge is 0.313 e. The molecule has 70 valence electrons. The van der Waals surface area contributed by atoms with Gasteiger partial charge in [-0.2, -0.15) is 0 Å². The Labute approximate surface area is 80.0 Å². The number of amides is 1. The monoisotopic (exact) mass is 201 g/mol. The fourth-order valence-electron chi connectivity index (χ4n) is 1.16. The quantitative estimate of drug-likeness (QED) is 0.695. The molecule has 0 aliphatic carbocycles. The zero-order valence-electron chi connectivity index (χ0n) is 6.83. The summed E-state index contributed by atoms with van der Waals surface area (Å²) in [6.45, 7) is 1.19. The number of nitrogens with zero attached hydrogens (tertiary/aromatic N) is 1. The Morgan fingerprint density at radius 2 is 2.38 bits per heavy atom. The van der Waals surface area contributed by atoms with Crippen molar-refractivity contribution in [1.29, 1.82) is 0 Å². The summed E-state index contributed by atoms with van der Waals surface area (Å²) < 4.78 is 4.95. The lowest BCUT2D eigenvalue weighted by molar-refractivity contribution is -0.0784. The van der Waals surface area contributed by atoms with Crippen molar-refractivity contribution in [2.24, 2.45) is 0 Å². The van der Waals surface area contributed by atoms with Crippen molar-refractivity contribution in [1.82, 2.24) is 5.06 Å². The fourth-order valence-corrected chi connectivity index (χ4v) is 1.31. The molecule has 2 heterocycles. The Bertz CT molecular complexity index is 317. The molecule has 1 aliphatic rings. The molecule has 0 aromatic carbocycles. The molecule has 0 radical (unpaired) electrons. The minimum atomic E-state index is -0.274. The summed E-state index contributed by atoms with van der Waals surface area (Å²) in [6, 6.07) is 3.07. The minimum Gasteiger partial charge on any atom is -0.439 e. The van der Waals surface area contributed by atoms with E-state index in [-0.39, 0.29) is 16.9 Å². The second-order valence-corrected chi connectivity index (χ2v) is 3.07. The summed E-state index contributed by atoms with van der Waals surface area (Å²) in [5.74, 6) is -0.0590. The molecule has 0 atom stereocenters. The van der Waals surface area contributed by atoms with Crippen LogP contribution in [0.2, 0.25) is 5.22 Å². The SMILES string of the molecule is O=C(c1ccc(Cl)o1)N1CCCO1. The maximum Gasteiger partial charge on any atom is 0.313 e. The highest BCUT2D eigenvalue weighted by atomic mass is 35.5. The number of hydroxylamine groups is 2. The van der Waals surface area contributed by atoms with Gasteiger partial charge in [0.15, 0.2) is 11.0 Å². The van der Waals surface area contributed by atoms with E-state index in [4.69, 9.17) is 20.9 Å². The van der Waals surface area contributed by atoms with Gasteiger partial charge >= 0.3 is 5.91 Å². The van der Waals surface area contributed by atoms with Gasteiger partial charge in [0, 0.05) is 0 Å². The van der Waals surface area contributed by atoms with Gasteiger partial charge in [-0.25, -0.2) is 5.06 Å². The van der Waals surface area contributed by atoms with Gasteiger partial charge in [-0.3, -0.25) is 9.63 Å². The van der Waals surface area contributed by atoms with Crippen molar-refractivity contribution in [2.75, 3.05) is 13.2 Å². The molecular formula is C8H8ClNO3. The number of carbonyl (C=O) groups is 1. The maximum atomic E-state index is 11.5. The summed E-state index contributed by atoms with van der Waals surface area (Å²) in [6.07, 6.45) is 0.861. The van der Waals surface area contributed by atoms with Gasteiger partial charge in [-0.1, -0.05) is 0 Å². The van der Waals surface area contributed by atoms with Gasteiger partial charge in [0.25, 0.3) is 0 Å². The lowest BCUT2D eigenvalue weighted by Gasteiger charge is -2.10. The van der Waals surface area contributed by atoms with Crippen molar-refractivity contribution < 1.29 is 14.0 Å². The van der Waals surface area contributed by atoms with Crippen LogP contribution in [0.1, 0.15) is 17.0 Å². The van der Waals surface area contributed by atoms with E-state index < -0.39 is 0 Å². The highest BCUT2D eigenvalue weighted by molar-refractivity contribution is 6.29. The largest absolute Gasteiger partial charge is 0.439 e. The Morgan fingerprint density at radius 1 is 1.54 bits per heavy atom. The summed E-state index contributed by atoms with van der Waals surface area (Å²) in [4.78, 5) is 16.6. The summed E-state index contributed by atoms with van der Waals surface area (Å²) in [5.41, 5.74) is 0. The molecule has 1 aliphatic heterocycles. The molecule has 13 heavy (non-hydrogen) atoms. The number of furan rings is 1. The van der Waals surface area contributed by atoms with Crippen LogP contribution in [0.3, 0.4) is 0 Å². The second kappa shape index (κ2) is 3.40. The van der Waals surface area contributed by atoms with Crippen LogP contribution < -0.4 is 0 Å². The lowest BCUT2D eigenvalue weighted by Crippen LogP contribution is -2.25. The average molecular weight is 202 g/mol. The van der Waals surface area contributed by atoms with Crippen LogP contribution in [-0.2, 0) is 4.84 Å². The first-order chi connectivity index (χ1) is 6.27. The Hall–Kier alpha value is -1.00. The number of carbonyl (C=O) groups excluding carboxylic acids is 1.